The highest BCUT2D eigenvalue weighted by Crippen LogP contribution is 2.60. The zero-order valence-electron chi connectivity index (χ0n) is 24.0. The first-order valence-electron chi connectivity index (χ1n) is 15.0. The molecule has 1 aromatic rings. The number of rotatable bonds is 6. The van der Waals surface area contributed by atoms with Crippen LogP contribution in [-0.2, 0) is 11.3 Å². The van der Waals surface area contributed by atoms with Crippen LogP contribution in [0.15, 0.2) is 65.8 Å². The predicted molar refractivity (Wildman–Crippen MR) is 155 cm³/mol. The quantitative estimate of drug-likeness (QED) is 0.438. The van der Waals surface area contributed by atoms with E-state index in [1.807, 2.05) is 23.1 Å². The van der Waals surface area contributed by atoms with E-state index in [9.17, 15) is 20.1 Å². The van der Waals surface area contributed by atoms with Gasteiger partial charge in [-0.2, -0.15) is 0 Å². The minimum absolute atomic E-state index is 0.0452. The van der Waals surface area contributed by atoms with Gasteiger partial charge in [0.2, 0.25) is 0 Å². The second-order valence-corrected chi connectivity index (χ2v) is 13.4. The fourth-order valence-electron chi connectivity index (χ4n) is 8.60. The highest BCUT2D eigenvalue weighted by molar-refractivity contribution is 5.87. The molecular weight excluding hydrogens is 486 g/mol. The maximum absolute atomic E-state index is 13.2. The first-order chi connectivity index (χ1) is 18.5. The number of carbonyl (C=O) groups is 1. The lowest BCUT2D eigenvalue weighted by atomic mass is 9.60. The molecule has 212 valence electrons. The van der Waals surface area contributed by atoms with Crippen LogP contribution >= 0.6 is 0 Å². The molecule has 0 spiro atoms. The summed E-state index contributed by atoms with van der Waals surface area (Å²) < 4.78 is 0. The number of hydrogen-bond acceptors (Lipinski definition) is 4. The molecule has 0 aromatic heterocycles. The van der Waals surface area contributed by atoms with Crippen molar-refractivity contribution in [2.45, 2.75) is 109 Å². The lowest BCUT2D eigenvalue weighted by Gasteiger charge is -2.45. The molecule has 1 aromatic carbocycles. The number of fused-ring (bicyclic) bond motifs is 1. The average molecular weight is 534 g/mol. The Labute approximate surface area is 234 Å². The summed E-state index contributed by atoms with van der Waals surface area (Å²) >= 11 is 0. The molecule has 5 nitrogen and oxygen atoms in total. The summed E-state index contributed by atoms with van der Waals surface area (Å²) in [6.45, 7) is 11.2. The Kier molecular flexibility index (Phi) is 7.98. The van der Waals surface area contributed by atoms with E-state index in [-0.39, 0.29) is 17.4 Å². The molecule has 3 aliphatic carbocycles. The topological polar surface area (TPSA) is 81.0 Å². The summed E-state index contributed by atoms with van der Waals surface area (Å²) in [6, 6.07) is 10.2. The molecule has 39 heavy (non-hydrogen) atoms. The molecular formula is C34H47NO4. The first-order valence-corrected chi connectivity index (χ1v) is 15.0. The van der Waals surface area contributed by atoms with Crippen molar-refractivity contribution in [3.63, 3.8) is 0 Å². The van der Waals surface area contributed by atoms with Gasteiger partial charge in [-0.05, 0) is 91.7 Å². The van der Waals surface area contributed by atoms with Gasteiger partial charge in [-0.3, -0.25) is 4.79 Å². The molecule has 3 N–H and O–H groups in total. The zero-order chi connectivity index (χ0) is 27.9. The Morgan fingerprint density at radius 1 is 1.15 bits per heavy atom. The number of amides is 1. The van der Waals surface area contributed by atoms with E-state index < -0.39 is 17.8 Å². The zero-order valence-corrected chi connectivity index (χ0v) is 24.0. The summed E-state index contributed by atoms with van der Waals surface area (Å²) in [7, 11) is 0. The van der Waals surface area contributed by atoms with Crippen LogP contribution in [0, 0.1) is 23.2 Å². The van der Waals surface area contributed by atoms with Crippen LogP contribution in [0.1, 0.15) is 84.1 Å². The van der Waals surface area contributed by atoms with Gasteiger partial charge in [0.15, 0.2) is 0 Å². The SMILES string of the molecule is C=C1/C(=C\C=C2/CCC[C@@]3(C)C2CC[C@@H]3[C@H](C)C[C@H]2C[C@](C)(O)C(=O)N2Cc2ccccc2)C[C@@H](O)C[C@@H]1O. The molecule has 5 rings (SSSR count). The Balaban J connectivity index is 1.31. The fourth-order valence-corrected chi connectivity index (χ4v) is 8.60. The lowest BCUT2D eigenvalue weighted by molar-refractivity contribution is -0.142. The van der Waals surface area contributed by atoms with Crippen LogP contribution in [0.4, 0.5) is 0 Å². The number of allylic oxidation sites excluding steroid dienone is 3. The van der Waals surface area contributed by atoms with Crippen LogP contribution in [0.5, 0.6) is 0 Å². The summed E-state index contributed by atoms with van der Waals surface area (Å²) in [4.78, 5) is 15.1. The van der Waals surface area contributed by atoms with Gasteiger partial charge in [0.05, 0.1) is 12.2 Å². The van der Waals surface area contributed by atoms with Crippen molar-refractivity contribution in [1.82, 2.24) is 4.90 Å². The van der Waals surface area contributed by atoms with Crippen molar-refractivity contribution in [2.75, 3.05) is 0 Å². The molecule has 1 aliphatic heterocycles. The second-order valence-electron chi connectivity index (χ2n) is 13.4. The third-order valence-electron chi connectivity index (χ3n) is 10.6. The van der Waals surface area contributed by atoms with Gasteiger partial charge in [-0.1, -0.05) is 68.5 Å². The largest absolute Gasteiger partial charge is 0.393 e. The molecule has 3 saturated carbocycles. The highest BCUT2D eigenvalue weighted by Gasteiger charge is 2.53. The van der Waals surface area contributed by atoms with Crippen molar-refractivity contribution in [2.24, 2.45) is 23.2 Å². The van der Waals surface area contributed by atoms with Gasteiger partial charge < -0.3 is 20.2 Å². The number of aliphatic hydroxyl groups excluding tert-OH is 2. The van der Waals surface area contributed by atoms with Crippen LogP contribution < -0.4 is 0 Å². The number of carbonyl (C=O) groups excluding carboxylic acids is 1. The van der Waals surface area contributed by atoms with Crippen molar-refractivity contribution >= 4 is 5.91 Å². The van der Waals surface area contributed by atoms with Crippen molar-refractivity contribution in [3.8, 4) is 0 Å². The number of aliphatic hydroxyl groups is 3. The minimum Gasteiger partial charge on any atom is -0.393 e. The second kappa shape index (κ2) is 11.0. The summed E-state index contributed by atoms with van der Waals surface area (Å²) in [6.07, 6.45) is 11.4. The number of hydrogen-bond donors (Lipinski definition) is 3. The molecule has 0 radical (unpaired) electrons. The van der Waals surface area contributed by atoms with Gasteiger partial charge in [0, 0.05) is 25.4 Å². The van der Waals surface area contributed by atoms with Gasteiger partial charge in [-0.15, -0.1) is 0 Å². The molecule has 1 unspecified atom stereocenters. The Hall–Kier alpha value is -2.21. The lowest BCUT2D eigenvalue weighted by Crippen LogP contribution is -2.40. The van der Waals surface area contributed by atoms with Crippen molar-refractivity contribution in [3.05, 3.63) is 71.3 Å². The van der Waals surface area contributed by atoms with Gasteiger partial charge in [0.1, 0.15) is 5.60 Å². The van der Waals surface area contributed by atoms with Gasteiger partial charge in [-0.25, -0.2) is 0 Å². The number of nitrogens with zero attached hydrogens (tertiary/aromatic N) is 1. The monoisotopic (exact) mass is 533 g/mol. The first kappa shape index (κ1) is 28.3. The van der Waals surface area contributed by atoms with E-state index in [0.29, 0.717) is 43.6 Å². The highest BCUT2D eigenvalue weighted by atomic mass is 16.3. The van der Waals surface area contributed by atoms with E-state index in [1.54, 1.807) is 6.92 Å². The molecule has 0 bridgehead atoms. The molecule has 1 amide bonds. The normalized spacial score (nSPS) is 39.9. The molecule has 1 saturated heterocycles. The smallest absolute Gasteiger partial charge is 0.254 e. The molecule has 1 heterocycles. The minimum atomic E-state index is -1.29. The number of likely N-dealkylation sites (tertiary alicyclic amines) is 1. The molecule has 8 atom stereocenters. The third kappa shape index (κ3) is 5.55. The summed E-state index contributed by atoms with van der Waals surface area (Å²) in [5.41, 5.74) is 3.25. The third-order valence-corrected chi connectivity index (χ3v) is 10.6. The summed E-state index contributed by atoms with van der Waals surface area (Å²) in [5, 5.41) is 31.3. The van der Waals surface area contributed by atoms with E-state index in [1.165, 1.54) is 31.3 Å². The number of benzene rings is 1. The molecule has 5 heteroatoms. The van der Waals surface area contributed by atoms with E-state index in [2.05, 4.69) is 44.7 Å². The average Bonchev–Trinajstić information content (AvgIpc) is 3.35. The van der Waals surface area contributed by atoms with Crippen LogP contribution in [0.2, 0.25) is 0 Å². The maximum atomic E-state index is 13.2. The Bertz CT molecular complexity index is 1140. The van der Waals surface area contributed by atoms with Crippen LogP contribution in [0.25, 0.3) is 0 Å². The van der Waals surface area contributed by atoms with E-state index >= 15 is 0 Å². The van der Waals surface area contributed by atoms with E-state index in [0.717, 1.165) is 29.6 Å². The van der Waals surface area contributed by atoms with Crippen LogP contribution in [0.3, 0.4) is 0 Å². The Morgan fingerprint density at radius 2 is 1.90 bits per heavy atom. The molecule has 4 fully saturated rings. The van der Waals surface area contributed by atoms with Gasteiger partial charge in [0.25, 0.3) is 5.91 Å². The van der Waals surface area contributed by atoms with Crippen molar-refractivity contribution < 1.29 is 20.1 Å². The van der Waals surface area contributed by atoms with Crippen molar-refractivity contribution in [1.29, 1.82) is 0 Å². The standard InChI is InChI=1S/C34H47NO4/c1-22(17-27-20-34(4,39)32(38)35(27)21-24-9-6-5-7-10-24)29-14-15-30-25(11-8-16-33(29,30)3)12-13-26-18-28(36)19-31(37)23(26)2/h5-7,9-10,12-13,22,27-31,36-37,39H,2,8,11,14-21H2,1,3-4H3/b25-12+,26-13-/t22-,27+,28-,29-,30?,31+,33-,34+/m1/s1. The van der Waals surface area contributed by atoms with Crippen LogP contribution in [-0.4, -0.2) is 50.0 Å². The molecule has 4 aliphatic rings. The summed E-state index contributed by atoms with van der Waals surface area (Å²) in [5.74, 6) is 1.42. The Morgan fingerprint density at radius 3 is 2.64 bits per heavy atom. The fraction of sp³-hybridized carbons (Fsp3) is 0.618. The van der Waals surface area contributed by atoms with E-state index in [4.69, 9.17) is 0 Å². The predicted octanol–water partition coefficient (Wildman–Crippen LogP) is 5.71. The maximum Gasteiger partial charge on any atom is 0.254 e. The van der Waals surface area contributed by atoms with Gasteiger partial charge >= 0.3 is 0 Å².